The van der Waals surface area contributed by atoms with Crippen molar-refractivity contribution >= 4 is 34.5 Å². The minimum absolute atomic E-state index is 0.0875. The van der Waals surface area contributed by atoms with Gasteiger partial charge in [-0.3, -0.25) is 0 Å². The number of ether oxygens (including phenoxy) is 4. The number of aliphatic hydroxyl groups is 2. The molecule has 9 heteroatoms. The second kappa shape index (κ2) is 18.4. The molecule has 0 saturated carbocycles. The van der Waals surface area contributed by atoms with Gasteiger partial charge in [-0.05, 0) is 16.9 Å². The second-order valence-electron chi connectivity index (χ2n) is 5.63. The number of aliphatic hydroxyl groups excluding tert-OH is 2. The highest BCUT2D eigenvalue weighted by Crippen LogP contribution is 2.02. The van der Waals surface area contributed by atoms with Gasteiger partial charge in [-0.2, -0.15) is 0 Å². The minimum atomic E-state index is -0.842. The van der Waals surface area contributed by atoms with E-state index in [1.165, 1.54) is 10.2 Å². The fourth-order valence-electron chi connectivity index (χ4n) is 1.81. The number of halogens is 1. The van der Waals surface area contributed by atoms with Crippen molar-refractivity contribution in [3.63, 3.8) is 0 Å². The molecule has 27 heavy (non-hydrogen) atoms. The molecule has 2 atom stereocenters. The lowest BCUT2D eigenvalue weighted by atomic mass is 10.2. The molecule has 0 aromatic rings. The van der Waals surface area contributed by atoms with E-state index in [1.807, 2.05) is 22.6 Å². The number of esters is 2. The lowest BCUT2D eigenvalue weighted by Crippen LogP contribution is -2.23. The van der Waals surface area contributed by atoms with Crippen LogP contribution in [0.3, 0.4) is 0 Å². The molecule has 0 heterocycles. The molecule has 0 aliphatic carbocycles. The molecule has 0 aromatic heterocycles. The molecule has 156 valence electrons. The third-order valence-electron chi connectivity index (χ3n) is 3.15. The minimum Gasteiger partial charge on any atom is -0.460 e. The van der Waals surface area contributed by atoms with Gasteiger partial charge in [-0.1, -0.05) is 42.0 Å². The van der Waals surface area contributed by atoms with E-state index in [-0.39, 0.29) is 26.4 Å². The summed E-state index contributed by atoms with van der Waals surface area (Å²) < 4.78 is 21.7. The van der Waals surface area contributed by atoms with Crippen molar-refractivity contribution in [1.82, 2.24) is 0 Å². The zero-order valence-corrected chi connectivity index (χ0v) is 17.5. The van der Waals surface area contributed by atoms with Crippen LogP contribution in [0.1, 0.15) is 25.7 Å². The lowest BCUT2D eigenvalue weighted by Gasteiger charge is -2.11. The van der Waals surface area contributed by atoms with Gasteiger partial charge in [0.05, 0.1) is 13.2 Å². The Balaban J connectivity index is 3.36. The van der Waals surface area contributed by atoms with Crippen molar-refractivity contribution < 1.29 is 38.7 Å². The van der Waals surface area contributed by atoms with E-state index < -0.39 is 24.1 Å². The Bertz CT molecular complexity index is 441. The Kier molecular flexibility index (Phi) is 17.7. The van der Waals surface area contributed by atoms with Crippen LogP contribution in [0.4, 0.5) is 0 Å². The fourth-order valence-corrected chi connectivity index (χ4v) is 2.11. The summed E-state index contributed by atoms with van der Waals surface area (Å²) >= 11 is 1.91. The Morgan fingerprint density at radius 1 is 0.852 bits per heavy atom. The quantitative estimate of drug-likeness (QED) is 0.134. The molecule has 0 radical (unpaired) electrons. The molecule has 0 aliphatic heterocycles. The summed E-state index contributed by atoms with van der Waals surface area (Å²) in [5.74, 6) is -1.06. The molecule has 0 amide bonds. The van der Waals surface area contributed by atoms with Gasteiger partial charge in [0.2, 0.25) is 0 Å². The first-order valence-electron chi connectivity index (χ1n) is 8.74. The van der Waals surface area contributed by atoms with Crippen LogP contribution in [-0.4, -0.2) is 74.0 Å². The first kappa shape index (κ1) is 26.0. The zero-order valence-electron chi connectivity index (χ0n) is 15.4. The zero-order chi connectivity index (χ0) is 20.3. The summed E-state index contributed by atoms with van der Waals surface area (Å²) in [5, 5.41) is 19.1. The number of rotatable bonds is 17. The average molecular weight is 500 g/mol. The van der Waals surface area contributed by atoms with E-state index in [0.29, 0.717) is 13.2 Å². The van der Waals surface area contributed by atoms with E-state index in [9.17, 15) is 19.8 Å². The highest BCUT2D eigenvalue weighted by molar-refractivity contribution is 14.1. The van der Waals surface area contributed by atoms with Gasteiger partial charge in [0, 0.05) is 25.4 Å². The summed E-state index contributed by atoms with van der Waals surface area (Å²) in [4.78, 5) is 21.9. The van der Waals surface area contributed by atoms with E-state index in [0.717, 1.165) is 31.8 Å². The highest BCUT2D eigenvalue weighted by atomic mass is 127. The topological polar surface area (TPSA) is 112 Å². The van der Waals surface area contributed by atoms with Crippen LogP contribution in [0, 0.1) is 0 Å². The Morgan fingerprint density at radius 3 is 1.78 bits per heavy atom. The number of hydrogen-bond donors (Lipinski definition) is 2. The average Bonchev–Trinajstić information content (AvgIpc) is 2.66. The maximum absolute atomic E-state index is 11.1. The Hall–Kier alpha value is -1.01. The van der Waals surface area contributed by atoms with Crippen molar-refractivity contribution in [2.75, 3.05) is 39.6 Å². The maximum Gasteiger partial charge on any atom is 0.331 e. The van der Waals surface area contributed by atoms with Crippen LogP contribution in [0.15, 0.2) is 22.8 Å². The van der Waals surface area contributed by atoms with E-state index in [2.05, 4.69) is 6.58 Å². The first-order valence-corrected chi connectivity index (χ1v) is 9.98. The van der Waals surface area contributed by atoms with E-state index >= 15 is 0 Å². The molecular formula is C18H29IO8. The molecule has 0 fully saturated rings. The summed E-state index contributed by atoms with van der Waals surface area (Å²) in [6, 6.07) is 0. The summed E-state index contributed by atoms with van der Waals surface area (Å²) in [6.07, 6.45) is 4.25. The third-order valence-corrected chi connectivity index (χ3v) is 3.51. The molecule has 2 N–H and O–H groups in total. The summed E-state index contributed by atoms with van der Waals surface area (Å²) in [5.41, 5.74) is 0. The van der Waals surface area contributed by atoms with Crippen LogP contribution in [0.5, 0.6) is 0 Å². The van der Waals surface area contributed by atoms with Gasteiger partial charge in [-0.15, -0.1) is 0 Å². The van der Waals surface area contributed by atoms with E-state index in [1.54, 1.807) is 0 Å². The van der Waals surface area contributed by atoms with Crippen molar-refractivity contribution in [3.8, 4) is 0 Å². The predicted octanol–water partition coefficient (Wildman–Crippen LogP) is 1.52. The monoisotopic (exact) mass is 500 g/mol. The van der Waals surface area contributed by atoms with Crippen LogP contribution in [-0.2, 0) is 28.5 Å². The van der Waals surface area contributed by atoms with Crippen molar-refractivity contribution in [3.05, 3.63) is 22.8 Å². The van der Waals surface area contributed by atoms with Gasteiger partial charge in [0.15, 0.2) is 0 Å². The van der Waals surface area contributed by atoms with Gasteiger partial charge < -0.3 is 29.2 Å². The lowest BCUT2D eigenvalue weighted by molar-refractivity contribution is -0.142. The van der Waals surface area contributed by atoms with Crippen LogP contribution < -0.4 is 0 Å². The molecule has 2 unspecified atom stereocenters. The molecule has 0 bridgehead atoms. The van der Waals surface area contributed by atoms with Gasteiger partial charge in [0.25, 0.3) is 0 Å². The van der Waals surface area contributed by atoms with Crippen molar-refractivity contribution in [1.29, 1.82) is 0 Å². The normalized spacial score (nSPS) is 13.3. The molecule has 0 rings (SSSR count). The fraction of sp³-hybridized carbons (Fsp3) is 0.667. The van der Waals surface area contributed by atoms with Crippen molar-refractivity contribution in [2.45, 2.75) is 37.9 Å². The smallest absolute Gasteiger partial charge is 0.331 e. The van der Waals surface area contributed by atoms with E-state index in [4.69, 9.17) is 18.9 Å². The number of hydrogen-bond acceptors (Lipinski definition) is 8. The summed E-state index contributed by atoms with van der Waals surface area (Å²) in [7, 11) is 0. The van der Waals surface area contributed by atoms with Crippen LogP contribution in [0.25, 0.3) is 0 Å². The third kappa shape index (κ3) is 18.1. The van der Waals surface area contributed by atoms with Crippen LogP contribution in [0.2, 0.25) is 0 Å². The number of carbonyl (C=O) groups excluding carboxylic acids is 2. The Labute approximate surface area is 173 Å². The predicted molar refractivity (Wildman–Crippen MR) is 107 cm³/mol. The number of unbranched alkanes of at least 4 members (excludes halogenated alkanes) is 3. The molecule has 8 nitrogen and oxygen atoms in total. The molecule has 0 saturated heterocycles. The van der Waals surface area contributed by atoms with Gasteiger partial charge in [-0.25, -0.2) is 9.59 Å². The SMILES string of the molecule is C=CC(=O)OCC(O)COCCCCCCOCC(O)COC(=O)/C=C/I. The second-order valence-corrected chi connectivity index (χ2v) is 6.35. The maximum atomic E-state index is 11.1. The Morgan fingerprint density at radius 2 is 1.33 bits per heavy atom. The van der Waals surface area contributed by atoms with Gasteiger partial charge >= 0.3 is 11.9 Å². The first-order chi connectivity index (χ1) is 13.0. The van der Waals surface area contributed by atoms with Gasteiger partial charge in [0.1, 0.15) is 25.4 Å². The standard InChI is InChI=1S/C18H29IO8/c1-2-17(22)26-13-15(20)11-24-9-5-3-4-6-10-25-12-16(21)14-27-18(23)7-8-19/h2,7-8,15-16,20-21H,1,3-6,9-14H2/b8-7+. The number of carbonyl (C=O) groups is 2. The van der Waals surface area contributed by atoms with Crippen molar-refractivity contribution in [2.24, 2.45) is 0 Å². The molecule has 0 spiro atoms. The molecular weight excluding hydrogens is 471 g/mol. The molecule has 0 aliphatic rings. The summed E-state index contributed by atoms with van der Waals surface area (Å²) in [6.45, 7) is 4.34. The molecule has 0 aromatic carbocycles. The largest absolute Gasteiger partial charge is 0.460 e. The van der Waals surface area contributed by atoms with Crippen LogP contribution >= 0.6 is 22.6 Å². The highest BCUT2D eigenvalue weighted by Gasteiger charge is 2.08.